The summed E-state index contributed by atoms with van der Waals surface area (Å²) in [7, 11) is 0. The van der Waals surface area contributed by atoms with Gasteiger partial charge in [-0.15, -0.1) is 0 Å². The number of nitrogens with zero attached hydrogens (tertiary/aromatic N) is 1. The molecule has 0 amide bonds. The Balaban J connectivity index is 2.53. The predicted octanol–water partition coefficient (Wildman–Crippen LogP) is 2.15. The maximum Gasteiger partial charge on any atom is 0.141 e. The molecule has 1 heterocycles. The fourth-order valence-corrected chi connectivity index (χ4v) is 1.25. The van der Waals surface area contributed by atoms with Crippen molar-refractivity contribution in [3.8, 4) is 0 Å². The Labute approximate surface area is 89.9 Å². The summed E-state index contributed by atoms with van der Waals surface area (Å²) in [5.41, 5.74) is 5.90. The molecule has 0 radical (unpaired) electrons. The van der Waals surface area contributed by atoms with Crippen molar-refractivity contribution in [3.05, 3.63) is 24.1 Å². The first-order valence-corrected chi connectivity index (χ1v) is 5.24. The lowest BCUT2D eigenvalue weighted by Gasteiger charge is -2.27. The van der Waals surface area contributed by atoms with Crippen LogP contribution >= 0.6 is 0 Å². The minimum Gasteiger partial charge on any atom is -0.368 e. The Hall–Kier alpha value is -1.16. The van der Waals surface area contributed by atoms with Crippen LogP contribution in [0.3, 0.4) is 0 Å². The number of nitrogens with one attached hydrogen (secondary N) is 1. The molecule has 4 heteroatoms. The molecule has 3 nitrogen and oxygen atoms in total. The van der Waals surface area contributed by atoms with Crippen molar-refractivity contribution in [1.82, 2.24) is 4.98 Å². The van der Waals surface area contributed by atoms with Gasteiger partial charge >= 0.3 is 0 Å². The maximum atomic E-state index is 12.6. The van der Waals surface area contributed by atoms with Crippen LogP contribution < -0.4 is 11.1 Å². The van der Waals surface area contributed by atoms with Crippen LogP contribution in [0.4, 0.5) is 10.2 Å². The minimum atomic E-state index is -0.328. The van der Waals surface area contributed by atoms with E-state index in [2.05, 4.69) is 24.1 Å². The van der Waals surface area contributed by atoms with E-state index in [1.54, 1.807) is 6.07 Å². The molecule has 0 bridgehead atoms. The van der Waals surface area contributed by atoms with E-state index in [9.17, 15) is 4.39 Å². The second-order valence-corrected chi connectivity index (χ2v) is 3.78. The maximum absolute atomic E-state index is 12.6. The quantitative estimate of drug-likeness (QED) is 0.784. The van der Waals surface area contributed by atoms with E-state index in [-0.39, 0.29) is 11.4 Å². The molecule has 1 aromatic heterocycles. The van der Waals surface area contributed by atoms with Gasteiger partial charge in [0.05, 0.1) is 6.20 Å². The van der Waals surface area contributed by atoms with Crippen molar-refractivity contribution < 1.29 is 4.39 Å². The molecular formula is C11H18FN3. The zero-order valence-electron chi connectivity index (χ0n) is 9.26. The largest absolute Gasteiger partial charge is 0.368 e. The van der Waals surface area contributed by atoms with Crippen LogP contribution in [0.25, 0.3) is 0 Å². The lowest BCUT2D eigenvalue weighted by molar-refractivity contribution is 0.418. The van der Waals surface area contributed by atoms with E-state index in [1.807, 2.05) is 0 Å². The molecule has 0 aliphatic rings. The van der Waals surface area contributed by atoms with Crippen LogP contribution in [0.1, 0.15) is 26.7 Å². The summed E-state index contributed by atoms with van der Waals surface area (Å²) >= 11 is 0. The SMILES string of the molecule is CCC(N)(CC)CNc1ccc(F)cn1. The monoisotopic (exact) mass is 211 g/mol. The first-order valence-electron chi connectivity index (χ1n) is 5.24. The summed E-state index contributed by atoms with van der Waals surface area (Å²) in [5, 5.41) is 3.11. The third kappa shape index (κ3) is 3.47. The Kier molecular flexibility index (Phi) is 4.03. The van der Waals surface area contributed by atoms with Gasteiger partial charge in [-0.1, -0.05) is 13.8 Å². The van der Waals surface area contributed by atoms with E-state index < -0.39 is 0 Å². The van der Waals surface area contributed by atoms with Gasteiger partial charge in [0.2, 0.25) is 0 Å². The molecule has 84 valence electrons. The zero-order valence-corrected chi connectivity index (χ0v) is 9.26. The number of halogens is 1. The molecule has 0 spiro atoms. The molecule has 0 aliphatic carbocycles. The Bertz CT molecular complexity index is 293. The van der Waals surface area contributed by atoms with Gasteiger partial charge in [0.1, 0.15) is 11.6 Å². The third-order valence-electron chi connectivity index (χ3n) is 2.76. The van der Waals surface area contributed by atoms with E-state index in [4.69, 9.17) is 5.73 Å². The van der Waals surface area contributed by atoms with Crippen LogP contribution in [-0.2, 0) is 0 Å². The van der Waals surface area contributed by atoms with Gasteiger partial charge in [-0.05, 0) is 25.0 Å². The van der Waals surface area contributed by atoms with Crippen LogP contribution in [0.2, 0.25) is 0 Å². The molecule has 1 aromatic rings. The molecule has 15 heavy (non-hydrogen) atoms. The summed E-state index contributed by atoms with van der Waals surface area (Å²) in [6.45, 7) is 4.77. The van der Waals surface area contributed by atoms with Crippen LogP contribution in [0, 0.1) is 5.82 Å². The van der Waals surface area contributed by atoms with Gasteiger partial charge < -0.3 is 11.1 Å². The topological polar surface area (TPSA) is 50.9 Å². The van der Waals surface area contributed by atoms with Gasteiger partial charge in [0.15, 0.2) is 0 Å². The van der Waals surface area contributed by atoms with Crippen molar-refractivity contribution in [2.45, 2.75) is 32.2 Å². The molecule has 0 aliphatic heterocycles. The molecule has 0 unspecified atom stereocenters. The van der Waals surface area contributed by atoms with Crippen LogP contribution in [-0.4, -0.2) is 17.1 Å². The lowest BCUT2D eigenvalue weighted by Crippen LogP contribution is -2.45. The lowest BCUT2D eigenvalue weighted by atomic mass is 9.94. The van der Waals surface area contributed by atoms with E-state index in [1.165, 1.54) is 12.3 Å². The number of nitrogens with two attached hydrogens (primary N) is 1. The van der Waals surface area contributed by atoms with Crippen molar-refractivity contribution in [2.24, 2.45) is 5.73 Å². The summed E-state index contributed by atoms with van der Waals surface area (Å²) in [6, 6.07) is 2.99. The molecule has 0 saturated carbocycles. The standard InChI is InChI=1S/C11H18FN3/c1-3-11(13,4-2)8-15-10-6-5-9(12)7-14-10/h5-7H,3-4,8,13H2,1-2H3,(H,14,15). The van der Waals surface area contributed by atoms with Gasteiger partial charge in [-0.2, -0.15) is 0 Å². The average Bonchev–Trinajstić information content (AvgIpc) is 2.28. The van der Waals surface area contributed by atoms with Gasteiger partial charge in [-0.25, -0.2) is 9.37 Å². The number of hydrogen-bond donors (Lipinski definition) is 2. The number of rotatable bonds is 5. The molecule has 1 rings (SSSR count). The van der Waals surface area contributed by atoms with Gasteiger partial charge in [0, 0.05) is 12.1 Å². The number of hydrogen-bond acceptors (Lipinski definition) is 3. The second kappa shape index (κ2) is 5.07. The van der Waals surface area contributed by atoms with Crippen LogP contribution in [0.5, 0.6) is 0 Å². The fourth-order valence-electron chi connectivity index (χ4n) is 1.25. The normalized spacial score (nSPS) is 11.5. The predicted molar refractivity (Wildman–Crippen MR) is 60.2 cm³/mol. The molecular weight excluding hydrogens is 193 g/mol. The Morgan fingerprint density at radius 1 is 1.40 bits per heavy atom. The highest BCUT2D eigenvalue weighted by Gasteiger charge is 2.19. The number of anilines is 1. The van der Waals surface area contributed by atoms with E-state index in [0.29, 0.717) is 12.4 Å². The Morgan fingerprint density at radius 2 is 2.07 bits per heavy atom. The Morgan fingerprint density at radius 3 is 2.53 bits per heavy atom. The highest BCUT2D eigenvalue weighted by atomic mass is 19.1. The number of aromatic nitrogens is 1. The van der Waals surface area contributed by atoms with Crippen molar-refractivity contribution >= 4 is 5.82 Å². The minimum absolute atomic E-state index is 0.212. The van der Waals surface area contributed by atoms with E-state index >= 15 is 0 Å². The first-order chi connectivity index (χ1) is 7.09. The highest BCUT2D eigenvalue weighted by molar-refractivity contribution is 5.34. The van der Waals surface area contributed by atoms with Gasteiger partial charge in [-0.3, -0.25) is 0 Å². The van der Waals surface area contributed by atoms with Crippen LogP contribution in [0.15, 0.2) is 18.3 Å². The molecule has 0 fully saturated rings. The van der Waals surface area contributed by atoms with Crippen molar-refractivity contribution in [2.75, 3.05) is 11.9 Å². The van der Waals surface area contributed by atoms with Gasteiger partial charge in [0.25, 0.3) is 0 Å². The summed E-state index contributed by atoms with van der Waals surface area (Å²) in [4.78, 5) is 3.91. The zero-order chi connectivity index (χ0) is 11.3. The molecule has 0 saturated heterocycles. The molecule has 0 atom stereocenters. The van der Waals surface area contributed by atoms with Crippen molar-refractivity contribution in [3.63, 3.8) is 0 Å². The molecule has 3 N–H and O–H groups in total. The summed E-state index contributed by atoms with van der Waals surface area (Å²) in [5.74, 6) is 0.332. The third-order valence-corrected chi connectivity index (χ3v) is 2.76. The second-order valence-electron chi connectivity index (χ2n) is 3.78. The van der Waals surface area contributed by atoms with E-state index in [0.717, 1.165) is 12.8 Å². The smallest absolute Gasteiger partial charge is 0.141 e. The number of pyridine rings is 1. The van der Waals surface area contributed by atoms with Crippen molar-refractivity contribution in [1.29, 1.82) is 0 Å². The summed E-state index contributed by atoms with van der Waals surface area (Å²) in [6.07, 6.45) is 2.99. The average molecular weight is 211 g/mol. The first kappa shape index (κ1) is 11.9. The summed E-state index contributed by atoms with van der Waals surface area (Å²) < 4.78 is 12.6. The molecule has 0 aromatic carbocycles. The fraction of sp³-hybridized carbons (Fsp3) is 0.545. The highest BCUT2D eigenvalue weighted by Crippen LogP contribution is 2.12.